The van der Waals surface area contributed by atoms with E-state index in [1.54, 1.807) is 7.11 Å². The highest BCUT2D eigenvalue weighted by Crippen LogP contribution is 2.25. The highest BCUT2D eigenvalue weighted by Gasteiger charge is 2.18. The van der Waals surface area contributed by atoms with E-state index in [2.05, 4.69) is 15.3 Å². The number of nitrogens with one attached hydrogen (secondary N) is 2. The molecule has 1 aliphatic rings. The number of H-pyrrole nitrogens is 1. The van der Waals surface area contributed by atoms with E-state index < -0.39 is 0 Å². The second-order valence-electron chi connectivity index (χ2n) is 4.56. The van der Waals surface area contributed by atoms with Gasteiger partial charge in [0, 0.05) is 11.6 Å². The molecule has 94 valence electrons. The van der Waals surface area contributed by atoms with Gasteiger partial charge in [0.1, 0.15) is 11.6 Å². The van der Waals surface area contributed by atoms with E-state index in [9.17, 15) is 0 Å². The van der Waals surface area contributed by atoms with E-state index in [-0.39, 0.29) is 0 Å². The molecule has 0 radical (unpaired) electrons. The third-order valence-electron chi connectivity index (χ3n) is 3.39. The molecule has 0 saturated carbocycles. The molecule has 1 atom stereocenters. The van der Waals surface area contributed by atoms with Gasteiger partial charge in [-0.1, -0.05) is 0 Å². The Morgan fingerprint density at radius 2 is 2.11 bits per heavy atom. The van der Waals surface area contributed by atoms with Crippen LogP contribution >= 0.6 is 0 Å². The van der Waals surface area contributed by atoms with Crippen molar-refractivity contribution < 1.29 is 4.74 Å². The second kappa shape index (κ2) is 4.82. The standard InChI is InChI=1S/C14H17N3O/c1-18-11-6-4-10(5-7-11)14-16-9-13(17-14)12-3-2-8-15-12/h4-7,9,12,15H,2-3,8H2,1H3,(H,16,17). The molecular weight excluding hydrogens is 226 g/mol. The average Bonchev–Trinajstić information content (AvgIpc) is 3.09. The molecule has 0 aliphatic carbocycles. The molecule has 2 heterocycles. The maximum absolute atomic E-state index is 5.15. The van der Waals surface area contributed by atoms with E-state index in [1.165, 1.54) is 18.5 Å². The van der Waals surface area contributed by atoms with Gasteiger partial charge in [-0.15, -0.1) is 0 Å². The number of imidazole rings is 1. The molecule has 1 aromatic carbocycles. The molecule has 3 rings (SSSR count). The van der Waals surface area contributed by atoms with Gasteiger partial charge in [0.25, 0.3) is 0 Å². The zero-order valence-electron chi connectivity index (χ0n) is 10.4. The summed E-state index contributed by atoms with van der Waals surface area (Å²) in [4.78, 5) is 7.84. The molecule has 4 nitrogen and oxygen atoms in total. The van der Waals surface area contributed by atoms with E-state index in [0.717, 1.165) is 23.7 Å². The highest BCUT2D eigenvalue weighted by molar-refractivity contribution is 5.56. The molecule has 1 aromatic heterocycles. The number of aromatic nitrogens is 2. The van der Waals surface area contributed by atoms with Crippen LogP contribution in [0.2, 0.25) is 0 Å². The van der Waals surface area contributed by atoms with E-state index in [1.807, 2.05) is 30.5 Å². The number of aromatic amines is 1. The zero-order valence-corrected chi connectivity index (χ0v) is 10.4. The number of rotatable bonds is 3. The molecule has 1 unspecified atom stereocenters. The minimum Gasteiger partial charge on any atom is -0.497 e. The van der Waals surface area contributed by atoms with Gasteiger partial charge in [0.05, 0.1) is 19.0 Å². The summed E-state index contributed by atoms with van der Waals surface area (Å²) in [5.74, 6) is 1.78. The second-order valence-corrected chi connectivity index (χ2v) is 4.56. The molecule has 4 heteroatoms. The molecule has 2 aromatic rings. The molecule has 0 amide bonds. The van der Waals surface area contributed by atoms with Crippen LogP contribution in [0.3, 0.4) is 0 Å². The number of hydrogen-bond donors (Lipinski definition) is 2. The van der Waals surface area contributed by atoms with Crippen LogP contribution in [0.1, 0.15) is 24.6 Å². The van der Waals surface area contributed by atoms with Crippen molar-refractivity contribution in [1.29, 1.82) is 0 Å². The first-order valence-corrected chi connectivity index (χ1v) is 6.29. The molecule has 0 spiro atoms. The Labute approximate surface area is 106 Å². The smallest absolute Gasteiger partial charge is 0.137 e. The van der Waals surface area contributed by atoms with Gasteiger partial charge in [-0.3, -0.25) is 0 Å². The summed E-state index contributed by atoms with van der Waals surface area (Å²) in [5.41, 5.74) is 2.26. The summed E-state index contributed by atoms with van der Waals surface area (Å²) in [6.07, 6.45) is 4.36. The molecule has 2 N–H and O–H groups in total. The fourth-order valence-corrected chi connectivity index (χ4v) is 2.36. The maximum atomic E-state index is 5.15. The van der Waals surface area contributed by atoms with Gasteiger partial charge in [-0.05, 0) is 43.7 Å². The minimum atomic E-state index is 0.435. The molecule has 1 aliphatic heterocycles. The summed E-state index contributed by atoms with van der Waals surface area (Å²) in [6, 6.07) is 8.37. The first-order valence-electron chi connectivity index (χ1n) is 6.29. The number of nitrogens with zero attached hydrogens (tertiary/aromatic N) is 1. The largest absolute Gasteiger partial charge is 0.497 e. The van der Waals surface area contributed by atoms with Crippen LogP contribution in [0.5, 0.6) is 5.75 Å². The van der Waals surface area contributed by atoms with E-state index in [0.29, 0.717) is 6.04 Å². The topological polar surface area (TPSA) is 49.9 Å². The van der Waals surface area contributed by atoms with Crippen molar-refractivity contribution in [1.82, 2.24) is 15.3 Å². The number of methoxy groups -OCH3 is 1. The predicted molar refractivity (Wildman–Crippen MR) is 70.6 cm³/mol. The van der Waals surface area contributed by atoms with Crippen LogP contribution in [0.25, 0.3) is 11.4 Å². The van der Waals surface area contributed by atoms with Crippen LogP contribution < -0.4 is 10.1 Å². The van der Waals surface area contributed by atoms with Crippen molar-refractivity contribution in [2.75, 3.05) is 13.7 Å². The third kappa shape index (κ3) is 2.11. The normalized spacial score (nSPS) is 19.1. The van der Waals surface area contributed by atoms with Gasteiger partial charge in [-0.2, -0.15) is 0 Å². The maximum Gasteiger partial charge on any atom is 0.137 e. The van der Waals surface area contributed by atoms with Gasteiger partial charge in [-0.25, -0.2) is 4.98 Å². The summed E-state index contributed by atoms with van der Waals surface area (Å²) in [7, 11) is 1.67. The van der Waals surface area contributed by atoms with Crippen molar-refractivity contribution >= 4 is 0 Å². The Morgan fingerprint density at radius 3 is 2.78 bits per heavy atom. The van der Waals surface area contributed by atoms with Gasteiger partial charge in [0.2, 0.25) is 0 Å². The Hall–Kier alpha value is -1.81. The van der Waals surface area contributed by atoms with Crippen LogP contribution in [-0.4, -0.2) is 23.6 Å². The van der Waals surface area contributed by atoms with Crippen molar-refractivity contribution in [3.63, 3.8) is 0 Å². The number of ether oxygens (including phenoxy) is 1. The molecule has 1 saturated heterocycles. The lowest BCUT2D eigenvalue weighted by molar-refractivity contribution is 0.415. The Bertz CT molecular complexity index is 512. The highest BCUT2D eigenvalue weighted by atomic mass is 16.5. The summed E-state index contributed by atoms with van der Waals surface area (Å²) >= 11 is 0. The van der Waals surface area contributed by atoms with E-state index in [4.69, 9.17) is 4.74 Å². The third-order valence-corrected chi connectivity index (χ3v) is 3.39. The SMILES string of the molecule is COc1ccc(-c2ncc(C3CCCN3)[nH]2)cc1. The Kier molecular flexibility index (Phi) is 3.02. The van der Waals surface area contributed by atoms with Crippen LogP contribution in [0, 0.1) is 0 Å². The quantitative estimate of drug-likeness (QED) is 0.870. The minimum absolute atomic E-state index is 0.435. The van der Waals surface area contributed by atoms with Gasteiger partial charge < -0.3 is 15.0 Å². The lowest BCUT2D eigenvalue weighted by atomic mass is 10.2. The first kappa shape index (κ1) is 11.3. The first-order chi connectivity index (χ1) is 8.86. The molecule has 1 fully saturated rings. The van der Waals surface area contributed by atoms with Crippen LogP contribution in [0.4, 0.5) is 0 Å². The molecule has 0 bridgehead atoms. The van der Waals surface area contributed by atoms with Gasteiger partial charge >= 0.3 is 0 Å². The van der Waals surface area contributed by atoms with Crippen molar-refractivity contribution in [2.24, 2.45) is 0 Å². The van der Waals surface area contributed by atoms with Gasteiger partial charge in [0.15, 0.2) is 0 Å². The van der Waals surface area contributed by atoms with Crippen LogP contribution in [-0.2, 0) is 0 Å². The summed E-state index contributed by atoms with van der Waals surface area (Å²) < 4.78 is 5.15. The van der Waals surface area contributed by atoms with Crippen molar-refractivity contribution in [3.8, 4) is 17.1 Å². The average molecular weight is 243 g/mol. The summed E-state index contributed by atoms with van der Waals surface area (Å²) in [5, 5.41) is 3.46. The summed E-state index contributed by atoms with van der Waals surface area (Å²) in [6.45, 7) is 1.10. The monoisotopic (exact) mass is 243 g/mol. The lowest BCUT2D eigenvalue weighted by Gasteiger charge is -2.06. The molecule has 18 heavy (non-hydrogen) atoms. The zero-order chi connectivity index (χ0) is 12.4. The lowest BCUT2D eigenvalue weighted by Crippen LogP contribution is -2.12. The van der Waals surface area contributed by atoms with Crippen molar-refractivity contribution in [2.45, 2.75) is 18.9 Å². The Morgan fingerprint density at radius 1 is 1.28 bits per heavy atom. The fraction of sp³-hybridized carbons (Fsp3) is 0.357. The Balaban J connectivity index is 1.82. The fourth-order valence-electron chi connectivity index (χ4n) is 2.36. The molecular formula is C14H17N3O. The van der Waals surface area contributed by atoms with Crippen LogP contribution in [0.15, 0.2) is 30.5 Å². The van der Waals surface area contributed by atoms with E-state index >= 15 is 0 Å². The van der Waals surface area contributed by atoms with Crippen molar-refractivity contribution in [3.05, 3.63) is 36.2 Å². The predicted octanol–water partition coefficient (Wildman–Crippen LogP) is 2.51. The number of benzene rings is 1. The number of hydrogen-bond acceptors (Lipinski definition) is 3.